The van der Waals surface area contributed by atoms with Crippen LogP contribution in [0.4, 0.5) is 0 Å². The number of rotatable bonds is 4. The van der Waals surface area contributed by atoms with Gasteiger partial charge in [-0.2, -0.15) is 0 Å². The fourth-order valence-electron chi connectivity index (χ4n) is 1.09. The summed E-state index contributed by atoms with van der Waals surface area (Å²) in [5, 5.41) is 8.45. The maximum absolute atomic E-state index is 11.3. The van der Waals surface area contributed by atoms with Gasteiger partial charge in [0.2, 0.25) is 0 Å². The lowest BCUT2D eigenvalue weighted by atomic mass is 10.1. The zero-order valence-corrected chi connectivity index (χ0v) is 8.90. The highest BCUT2D eigenvalue weighted by Crippen LogP contribution is 2.04. The highest BCUT2D eigenvalue weighted by atomic mass is 16.1. The molecule has 4 nitrogen and oxygen atoms in total. The minimum absolute atomic E-state index is 0.0634. The lowest BCUT2D eigenvalue weighted by molar-refractivity contribution is 0.653. The van der Waals surface area contributed by atoms with E-state index < -0.39 is 0 Å². The smallest absolute Gasteiger partial charge is 0.269 e. The summed E-state index contributed by atoms with van der Waals surface area (Å²) < 4.78 is 0. The van der Waals surface area contributed by atoms with Crippen LogP contribution in [0, 0.1) is 12.8 Å². The summed E-state index contributed by atoms with van der Waals surface area (Å²) in [4.78, 5) is 11.3. The van der Waals surface area contributed by atoms with Crippen molar-refractivity contribution in [2.75, 3.05) is 0 Å². The van der Waals surface area contributed by atoms with Gasteiger partial charge in [0.05, 0.1) is 5.56 Å². The molecule has 0 radical (unpaired) electrons. The molecular weight excluding hydrogens is 178 g/mol. The first-order valence-corrected chi connectivity index (χ1v) is 4.71. The van der Waals surface area contributed by atoms with Crippen molar-refractivity contribution in [2.45, 2.75) is 27.3 Å². The van der Waals surface area contributed by atoms with E-state index >= 15 is 0 Å². The number of hydrogen-bond acceptors (Lipinski definition) is 2. The van der Waals surface area contributed by atoms with Gasteiger partial charge in [-0.3, -0.25) is 9.89 Å². The quantitative estimate of drug-likeness (QED) is 0.677. The van der Waals surface area contributed by atoms with Crippen LogP contribution in [0.5, 0.6) is 0 Å². The first-order valence-electron chi connectivity index (χ1n) is 4.71. The standard InChI is InChI=1S/C10H17N3O/c1-6(2)7(3)11-5-9-8(4)12-13-10(9)14/h6,11H,3,5H2,1-2,4H3,(H2,12,13,14). The minimum Gasteiger partial charge on any atom is -0.384 e. The van der Waals surface area contributed by atoms with E-state index in [4.69, 9.17) is 0 Å². The van der Waals surface area contributed by atoms with Crippen LogP contribution in [0.1, 0.15) is 25.1 Å². The van der Waals surface area contributed by atoms with Crippen molar-refractivity contribution >= 4 is 0 Å². The topological polar surface area (TPSA) is 60.7 Å². The van der Waals surface area contributed by atoms with E-state index in [0.29, 0.717) is 12.5 Å². The number of aryl methyl sites for hydroxylation is 1. The molecule has 0 aromatic carbocycles. The van der Waals surface area contributed by atoms with Crippen molar-refractivity contribution < 1.29 is 0 Å². The summed E-state index contributed by atoms with van der Waals surface area (Å²) in [5.74, 6) is 0.383. The van der Waals surface area contributed by atoms with Crippen molar-refractivity contribution in [1.82, 2.24) is 15.5 Å². The van der Waals surface area contributed by atoms with Crippen LogP contribution in [-0.2, 0) is 6.54 Å². The van der Waals surface area contributed by atoms with Crippen LogP contribution < -0.4 is 10.9 Å². The van der Waals surface area contributed by atoms with E-state index in [2.05, 4.69) is 35.9 Å². The molecular formula is C10H17N3O. The molecule has 3 N–H and O–H groups in total. The van der Waals surface area contributed by atoms with Crippen LogP contribution >= 0.6 is 0 Å². The largest absolute Gasteiger partial charge is 0.384 e. The van der Waals surface area contributed by atoms with Crippen LogP contribution in [0.15, 0.2) is 17.1 Å². The lowest BCUT2D eigenvalue weighted by Crippen LogP contribution is -2.20. The highest BCUT2D eigenvalue weighted by Gasteiger charge is 2.06. The Kier molecular flexibility index (Phi) is 3.17. The molecule has 0 aliphatic rings. The van der Waals surface area contributed by atoms with Crippen molar-refractivity contribution in [3.8, 4) is 0 Å². The van der Waals surface area contributed by atoms with E-state index in [1.54, 1.807) is 0 Å². The monoisotopic (exact) mass is 195 g/mol. The first kappa shape index (κ1) is 10.6. The van der Waals surface area contributed by atoms with Crippen molar-refractivity contribution in [1.29, 1.82) is 0 Å². The van der Waals surface area contributed by atoms with E-state index in [9.17, 15) is 4.79 Å². The number of hydrogen-bond donors (Lipinski definition) is 3. The highest BCUT2D eigenvalue weighted by molar-refractivity contribution is 5.15. The summed E-state index contributed by atoms with van der Waals surface area (Å²) in [7, 11) is 0. The molecule has 4 heteroatoms. The number of aromatic nitrogens is 2. The molecule has 0 amide bonds. The number of allylic oxidation sites excluding steroid dienone is 1. The van der Waals surface area contributed by atoms with E-state index in [1.165, 1.54) is 0 Å². The van der Waals surface area contributed by atoms with E-state index in [1.807, 2.05) is 6.92 Å². The third-order valence-electron chi connectivity index (χ3n) is 2.28. The summed E-state index contributed by atoms with van der Waals surface area (Å²) in [6.07, 6.45) is 0. The molecule has 0 aliphatic carbocycles. The van der Waals surface area contributed by atoms with Crippen LogP contribution in [0.25, 0.3) is 0 Å². The molecule has 78 valence electrons. The van der Waals surface area contributed by atoms with Gasteiger partial charge in [-0.25, -0.2) is 0 Å². The van der Waals surface area contributed by atoms with Gasteiger partial charge < -0.3 is 10.4 Å². The molecule has 0 aliphatic heterocycles. The molecule has 1 rings (SSSR count). The molecule has 14 heavy (non-hydrogen) atoms. The average molecular weight is 195 g/mol. The van der Waals surface area contributed by atoms with Crippen LogP contribution in [0.3, 0.4) is 0 Å². The molecule has 1 aromatic heterocycles. The Bertz CT molecular complexity index is 373. The Morgan fingerprint density at radius 2 is 2.14 bits per heavy atom. The molecule has 0 saturated carbocycles. The zero-order valence-electron chi connectivity index (χ0n) is 8.90. The third kappa shape index (κ3) is 2.28. The fourth-order valence-corrected chi connectivity index (χ4v) is 1.09. The van der Waals surface area contributed by atoms with Crippen molar-refractivity contribution in [2.24, 2.45) is 5.92 Å². The van der Waals surface area contributed by atoms with Gasteiger partial charge in [-0.1, -0.05) is 20.4 Å². The molecule has 0 atom stereocenters. The number of nitrogens with one attached hydrogen (secondary N) is 3. The van der Waals surface area contributed by atoms with Gasteiger partial charge in [0.15, 0.2) is 0 Å². The summed E-state index contributed by atoms with van der Waals surface area (Å²) in [6.45, 7) is 10.4. The SMILES string of the molecule is C=C(NCc1c(C)[nH][nH]c1=O)C(C)C. The van der Waals surface area contributed by atoms with Gasteiger partial charge in [0.1, 0.15) is 0 Å². The fraction of sp³-hybridized carbons (Fsp3) is 0.500. The van der Waals surface area contributed by atoms with E-state index in [-0.39, 0.29) is 5.56 Å². The molecule has 1 aromatic rings. The second kappa shape index (κ2) is 4.17. The molecule has 0 saturated heterocycles. The summed E-state index contributed by atoms with van der Waals surface area (Å²) >= 11 is 0. The lowest BCUT2D eigenvalue weighted by Gasteiger charge is -2.11. The normalized spacial score (nSPS) is 10.6. The van der Waals surface area contributed by atoms with Gasteiger partial charge in [-0.05, 0) is 12.8 Å². The number of H-pyrrole nitrogens is 2. The Labute approximate surface area is 83.4 Å². The minimum atomic E-state index is -0.0634. The number of aromatic amines is 2. The molecule has 0 spiro atoms. The molecule has 0 unspecified atom stereocenters. The Hall–Kier alpha value is -1.45. The predicted octanol–water partition coefficient (Wildman–Crippen LogP) is 1.27. The second-order valence-electron chi connectivity index (χ2n) is 3.72. The first-order chi connectivity index (χ1) is 6.52. The maximum Gasteiger partial charge on any atom is 0.269 e. The summed E-state index contributed by atoms with van der Waals surface area (Å²) in [5.41, 5.74) is 2.50. The van der Waals surface area contributed by atoms with Crippen molar-refractivity contribution in [3.63, 3.8) is 0 Å². The van der Waals surface area contributed by atoms with Gasteiger partial charge in [0.25, 0.3) is 5.56 Å². The maximum atomic E-state index is 11.3. The molecule has 0 fully saturated rings. The Balaban J connectivity index is 2.62. The second-order valence-corrected chi connectivity index (χ2v) is 3.72. The van der Waals surface area contributed by atoms with Gasteiger partial charge >= 0.3 is 0 Å². The summed E-state index contributed by atoms with van der Waals surface area (Å²) in [6, 6.07) is 0. The predicted molar refractivity (Wildman–Crippen MR) is 57.0 cm³/mol. The van der Waals surface area contributed by atoms with Crippen molar-refractivity contribution in [3.05, 3.63) is 33.9 Å². The average Bonchev–Trinajstić information content (AvgIpc) is 2.43. The van der Waals surface area contributed by atoms with Crippen LogP contribution in [-0.4, -0.2) is 10.2 Å². The molecule has 1 heterocycles. The van der Waals surface area contributed by atoms with Crippen LogP contribution in [0.2, 0.25) is 0 Å². The third-order valence-corrected chi connectivity index (χ3v) is 2.28. The van der Waals surface area contributed by atoms with Gasteiger partial charge in [0, 0.05) is 17.9 Å². The van der Waals surface area contributed by atoms with E-state index in [0.717, 1.165) is 17.0 Å². The molecule has 0 bridgehead atoms. The Morgan fingerprint density at radius 1 is 1.50 bits per heavy atom. The zero-order chi connectivity index (χ0) is 10.7. The Morgan fingerprint density at radius 3 is 2.57 bits per heavy atom. The van der Waals surface area contributed by atoms with Gasteiger partial charge in [-0.15, -0.1) is 0 Å².